The molecular formula is C17H15NO3S. The van der Waals surface area contributed by atoms with Gasteiger partial charge in [-0.1, -0.05) is 30.3 Å². The van der Waals surface area contributed by atoms with Crippen molar-refractivity contribution in [2.24, 2.45) is 0 Å². The Bertz CT molecular complexity index is 958. The second kappa shape index (κ2) is 4.69. The molecule has 3 aromatic rings. The number of hydrogen-bond acceptors (Lipinski definition) is 3. The van der Waals surface area contributed by atoms with Crippen molar-refractivity contribution in [3.63, 3.8) is 0 Å². The van der Waals surface area contributed by atoms with Crippen molar-refractivity contribution in [3.05, 3.63) is 65.9 Å². The van der Waals surface area contributed by atoms with Crippen LogP contribution in [0.2, 0.25) is 0 Å². The molecule has 1 N–H and O–H groups in total. The molecular weight excluding hydrogens is 298 g/mol. The topological polar surface area (TPSA) is 59.3 Å². The minimum atomic E-state index is -3.63. The fourth-order valence-corrected chi connectivity index (χ4v) is 4.59. The average molecular weight is 313 g/mol. The molecule has 112 valence electrons. The maximum absolute atomic E-state index is 12.9. The van der Waals surface area contributed by atoms with Crippen LogP contribution in [0.1, 0.15) is 23.7 Å². The third-order valence-corrected chi connectivity index (χ3v) is 5.94. The van der Waals surface area contributed by atoms with Crippen molar-refractivity contribution in [2.45, 2.75) is 23.8 Å². The van der Waals surface area contributed by atoms with Crippen LogP contribution < -0.4 is 0 Å². The number of aliphatic hydroxyl groups is 1. The van der Waals surface area contributed by atoms with Gasteiger partial charge in [0.1, 0.15) is 0 Å². The Hall–Kier alpha value is -2.11. The molecule has 0 spiro atoms. The number of aromatic nitrogens is 1. The molecule has 0 amide bonds. The molecule has 4 nitrogen and oxygen atoms in total. The van der Waals surface area contributed by atoms with Crippen molar-refractivity contribution in [1.82, 2.24) is 3.97 Å². The van der Waals surface area contributed by atoms with Crippen molar-refractivity contribution >= 4 is 20.9 Å². The first kappa shape index (κ1) is 13.5. The van der Waals surface area contributed by atoms with Crippen LogP contribution >= 0.6 is 0 Å². The molecule has 4 rings (SSSR count). The Kier molecular flexibility index (Phi) is 2.89. The van der Waals surface area contributed by atoms with E-state index in [1.807, 2.05) is 6.07 Å². The molecule has 2 aromatic carbocycles. The number of aryl methyl sites for hydroxylation is 1. The van der Waals surface area contributed by atoms with Crippen LogP contribution in [0.15, 0.2) is 59.6 Å². The van der Waals surface area contributed by atoms with Gasteiger partial charge in [0.2, 0.25) is 0 Å². The smallest absolute Gasteiger partial charge is 0.268 e. The molecule has 0 bridgehead atoms. The normalized spacial score (nSPS) is 17.8. The van der Waals surface area contributed by atoms with Crippen LogP contribution in [0.25, 0.3) is 10.9 Å². The van der Waals surface area contributed by atoms with Crippen molar-refractivity contribution < 1.29 is 13.5 Å². The van der Waals surface area contributed by atoms with E-state index >= 15 is 0 Å². The van der Waals surface area contributed by atoms with E-state index in [1.165, 1.54) is 3.97 Å². The quantitative estimate of drug-likeness (QED) is 0.791. The Morgan fingerprint density at radius 2 is 1.82 bits per heavy atom. The maximum atomic E-state index is 12.9. The highest BCUT2D eigenvalue weighted by molar-refractivity contribution is 7.90. The maximum Gasteiger partial charge on any atom is 0.268 e. The molecule has 0 radical (unpaired) electrons. The largest absolute Gasteiger partial charge is 0.388 e. The highest BCUT2D eigenvalue weighted by Gasteiger charge is 2.26. The summed E-state index contributed by atoms with van der Waals surface area (Å²) in [6.45, 7) is 0. The van der Waals surface area contributed by atoms with Crippen molar-refractivity contribution in [1.29, 1.82) is 0 Å². The van der Waals surface area contributed by atoms with Crippen LogP contribution in [0.4, 0.5) is 0 Å². The van der Waals surface area contributed by atoms with Gasteiger partial charge in [0.15, 0.2) is 0 Å². The van der Waals surface area contributed by atoms with Gasteiger partial charge in [0.25, 0.3) is 10.0 Å². The molecule has 1 aliphatic rings. The summed E-state index contributed by atoms with van der Waals surface area (Å²) in [5.74, 6) is 0. The van der Waals surface area contributed by atoms with E-state index in [4.69, 9.17) is 0 Å². The second-order valence-corrected chi connectivity index (χ2v) is 7.38. The molecule has 1 heterocycles. The van der Waals surface area contributed by atoms with Gasteiger partial charge in [-0.2, -0.15) is 0 Å². The van der Waals surface area contributed by atoms with E-state index in [9.17, 15) is 13.5 Å². The summed E-state index contributed by atoms with van der Waals surface area (Å²) in [5.41, 5.74) is 2.44. The molecule has 0 saturated heterocycles. The third kappa shape index (κ3) is 1.82. The highest BCUT2D eigenvalue weighted by atomic mass is 32.2. The van der Waals surface area contributed by atoms with Crippen LogP contribution in [-0.2, 0) is 16.4 Å². The summed E-state index contributed by atoms with van der Waals surface area (Å²) < 4.78 is 27.1. The molecule has 1 unspecified atom stereocenters. The van der Waals surface area contributed by atoms with Crippen molar-refractivity contribution in [2.75, 3.05) is 0 Å². The minimum Gasteiger partial charge on any atom is -0.388 e. The molecule has 1 aromatic heterocycles. The number of nitrogens with zero attached hydrogens (tertiary/aromatic N) is 1. The number of hydrogen-bond donors (Lipinski definition) is 1. The van der Waals surface area contributed by atoms with Gasteiger partial charge in [-0.3, -0.25) is 0 Å². The van der Waals surface area contributed by atoms with Gasteiger partial charge in [-0.05, 0) is 42.2 Å². The van der Waals surface area contributed by atoms with Crippen LogP contribution in [-0.4, -0.2) is 17.5 Å². The van der Waals surface area contributed by atoms with Gasteiger partial charge < -0.3 is 5.11 Å². The molecule has 0 fully saturated rings. The predicted octanol–water partition coefficient (Wildman–Crippen LogP) is 2.86. The minimum absolute atomic E-state index is 0.267. The molecule has 0 saturated carbocycles. The number of aliphatic hydroxyl groups excluding tert-OH is 1. The fourth-order valence-electron chi connectivity index (χ4n) is 3.19. The summed E-state index contributed by atoms with van der Waals surface area (Å²) in [4.78, 5) is 0.267. The van der Waals surface area contributed by atoms with Gasteiger partial charge in [0.05, 0.1) is 16.5 Å². The lowest BCUT2D eigenvalue weighted by atomic mass is 9.91. The van der Waals surface area contributed by atoms with E-state index in [-0.39, 0.29) is 4.90 Å². The zero-order valence-corrected chi connectivity index (χ0v) is 12.6. The van der Waals surface area contributed by atoms with Gasteiger partial charge in [-0.25, -0.2) is 12.4 Å². The second-order valence-electron chi connectivity index (χ2n) is 5.56. The Balaban J connectivity index is 2.03. The predicted molar refractivity (Wildman–Crippen MR) is 84.2 cm³/mol. The summed E-state index contributed by atoms with van der Waals surface area (Å²) in [6.07, 6.45) is 2.49. The van der Waals surface area contributed by atoms with Crippen LogP contribution in [0.5, 0.6) is 0 Å². The lowest BCUT2D eigenvalue weighted by Crippen LogP contribution is -2.11. The molecule has 1 aliphatic carbocycles. The number of benzene rings is 2. The Labute approximate surface area is 128 Å². The van der Waals surface area contributed by atoms with Crippen LogP contribution in [0, 0.1) is 0 Å². The van der Waals surface area contributed by atoms with E-state index in [0.29, 0.717) is 18.4 Å². The van der Waals surface area contributed by atoms with E-state index in [1.54, 1.807) is 48.7 Å². The first-order valence-corrected chi connectivity index (χ1v) is 8.64. The third-order valence-electron chi connectivity index (χ3n) is 4.25. The zero-order valence-electron chi connectivity index (χ0n) is 11.8. The van der Waals surface area contributed by atoms with Gasteiger partial charge in [0, 0.05) is 11.6 Å². The standard InChI is InChI=1S/C17H15NO3S/c19-16-10-9-12-11-18(15-8-4-7-14(16)17(12)15)22(20,21)13-5-2-1-3-6-13/h1-8,11,16,19H,9-10H2. The highest BCUT2D eigenvalue weighted by Crippen LogP contribution is 2.37. The molecule has 5 heteroatoms. The number of rotatable bonds is 2. The van der Waals surface area contributed by atoms with Crippen molar-refractivity contribution in [3.8, 4) is 0 Å². The first-order valence-electron chi connectivity index (χ1n) is 7.20. The Morgan fingerprint density at radius 1 is 1.05 bits per heavy atom. The monoisotopic (exact) mass is 313 g/mol. The van der Waals surface area contributed by atoms with Gasteiger partial charge >= 0.3 is 0 Å². The van der Waals surface area contributed by atoms with E-state index < -0.39 is 16.1 Å². The summed E-state index contributed by atoms with van der Waals surface area (Å²) in [6, 6.07) is 13.9. The van der Waals surface area contributed by atoms with Crippen LogP contribution in [0.3, 0.4) is 0 Å². The van der Waals surface area contributed by atoms with Gasteiger partial charge in [-0.15, -0.1) is 0 Å². The SMILES string of the molecule is O=S(=O)(c1ccccc1)n1cc2c3c(cccc31)C(O)CC2. The fraction of sp³-hybridized carbons (Fsp3) is 0.176. The Morgan fingerprint density at radius 3 is 2.59 bits per heavy atom. The van der Waals surface area contributed by atoms with E-state index in [0.717, 1.165) is 16.5 Å². The molecule has 1 atom stereocenters. The summed E-state index contributed by atoms with van der Waals surface area (Å²) in [5, 5.41) is 11.0. The zero-order chi connectivity index (χ0) is 15.3. The average Bonchev–Trinajstić information content (AvgIpc) is 2.93. The molecule has 22 heavy (non-hydrogen) atoms. The first-order chi connectivity index (χ1) is 10.6. The molecule has 0 aliphatic heterocycles. The lowest BCUT2D eigenvalue weighted by molar-refractivity contribution is 0.167. The van der Waals surface area contributed by atoms with E-state index in [2.05, 4.69) is 0 Å². The summed E-state index contributed by atoms with van der Waals surface area (Å²) >= 11 is 0. The summed E-state index contributed by atoms with van der Waals surface area (Å²) in [7, 11) is -3.63. The lowest BCUT2D eigenvalue weighted by Gasteiger charge is -2.18.